The molecule has 0 heterocycles. The molecule has 0 aromatic heterocycles. The van der Waals surface area contributed by atoms with Crippen molar-refractivity contribution in [1.29, 1.82) is 0 Å². The quantitative estimate of drug-likeness (QED) is 0.580. The van der Waals surface area contributed by atoms with Crippen LogP contribution in [-0.2, 0) is 4.79 Å². The average molecular weight is 230 g/mol. The molecule has 0 saturated carbocycles. The minimum Gasteiger partial charge on any atom is -0.396 e. The number of unbranched alkanes of at least 4 members (excludes halogenated alkanes) is 2. The molecule has 4 nitrogen and oxygen atoms in total. The molecule has 0 spiro atoms. The van der Waals surface area contributed by atoms with E-state index in [1.165, 1.54) is 0 Å². The van der Waals surface area contributed by atoms with Crippen molar-refractivity contribution in [2.75, 3.05) is 26.7 Å². The van der Waals surface area contributed by atoms with Gasteiger partial charge in [-0.15, -0.1) is 0 Å². The standard InChI is InChI=1S/C12H26N2O2/c1-11(10-13)6-7-12(16)14(2)8-4-3-5-9-15/h11,15H,3-10,13H2,1-2H3. The van der Waals surface area contributed by atoms with Crippen LogP contribution in [0.5, 0.6) is 0 Å². The molecule has 0 aromatic carbocycles. The molecule has 0 saturated heterocycles. The summed E-state index contributed by atoms with van der Waals surface area (Å²) in [7, 11) is 1.84. The summed E-state index contributed by atoms with van der Waals surface area (Å²) in [6.07, 6.45) is 4.24. The zero-order valence-corrected chi connectivity index (χ0v) is 10.6. The summed E-state index contributed by atoms with van der Waals surface area (Å²) in [5.41, 5.74) is 5.50. The molecule has 1 unspecified atom stereocenters. The van der Waals surface area contributed by atoms with Crippen molar-refractivity contribution in [1.82, 2.24) is 4.90 Å². The molecule has 0 aliphatic carbocycles. The van der Waals surface area contributed by atoms with Crippen LogP contribution in [0.2, 0.25) is 0 Å². The van der Waals surface area contributed by atoms with Crippen molar-refractivity contribution in [3.05, 3.63) is 0 Å². The predicted molar refractivity (Wildman–Crippen MR) is 66.0 cm³/mol. The Kier molecular flexibility index (Phi) is 9.24. The molecule has 0 aliphatic heterocycles. The van der Waals surface area contributed by atoms with Gasteiger partial charge in [-0.1, -0.05) is 6.92 Å². The Bertz CT molecular complexity index is 186. The summed E-state index contributed by atoms with van der Waals surface area (Å²) in [5.74, 6) is 0.621. The highest BCUT2D eigenvalue weighted by atomic mass is 16.2. The molecule has 1 atom stereocenters. The maximum absolute atomic E-state index is 11.7. The molecule has 96 valence electrons. The van der Waals surface area contributed by atoms with E-state index in [1.54, 1.807) is 4.90 Å². The van der Waals surface area contributed by atoms with E-state index in [9.17, 15) is 4.79 Å². The molecule has 3 N–H and O–H groups in total. The van der Waals surface area contributed by atoms with Crippen molar-refractivity contribution >= 4 is 5.91 Å². The fourth-order valence-electron chi connectivity index (χ4n) is 1.44. The third-order valence-corrected chi connectivity index (χ3v) is 2.83. The Morgan fingerprint density at radius 3 is 2.62 bits per heavy atom. The van der Waals surface area contributed by atoms with Crippen LogP contribution in [0.25, 0.3) is 0 Å². The predicted octanol–water partition coefficient (Wildman–Crippen LogP) is 0.982. The molecular weight excluding hydrogens is 204 g/mol. The largest absolute Gasteiger partial charge is 0.396 e. The number of hydrogen-bond acceptors (Lipinski definition) is 3. The number of nitrogens with zero attached hydrogens (tertiary/aromatic N) is 1. The number of aliphatic hydroxyl groups excluding tert-OH is 1. The van der Waals surface area contributed by atoms with Gasteiger partial charge >= 0.3 is 0 Å². The van der Waals surface area contributed by atoms with E-state index in [-0.39, 0.29) is 12.5 Å². The first-order valence-corrected chi connectivity index (χ1v) is 6.16. The highest BCUT2D eigenvalue weighted by Crippen LogP contribution is 2.06. The van der Waals surface area contributed by atoms with Gasteiger partial charge in [0.05, 0.1) is 0 Å². The van der Waals surface area contributed by atoms with Gasteiger partial charge in [0, 0.05) is 26.6 Å². The Hall–Kier alpha value is -0.610. The number of hydrogen-bond donors (Lipinski definition) is 2. The SMILES string of the molecule is CC(CN)CCC(=O)N(C)CCCCCO. The van der Waals surface area contributed by atoms with Crippen molar-refractivity contribution in [3.8, 4) is 0 Å². The number of carbonyl (C=O) groups excluding carboxylic acids is 1. The second kappa shape index (κ2) is 9.60. The smallest absolute Gasteiger partial charge is 0.222 e. The molecule has 0 aliphatic rings. The highest BCUT2D eigenvalue weighted by molar-refractivity contribution is 5.75. The van der Waals surface area contributed by atoms with Gasteiger partial charge in [-0.3, -0.25) is 4.79 Å². The third kappa shape index (κ3) is 7.65. The molecule has 0 aromatic rings. The maximum Gasteiger partial charge on any atom is 0.222 e. The Labute approximate surface area is 98.8 Å². The van der Waals surface area contributed by atoms with Crippen LogP contribution in [0.15, 0.2) is 0 Å². The Morgan fingerprint density at radius 1 is 1.38 bits per heavy atom. The number of amides is 1. The van der Waals surface area contributed by atoms with E-state index in [1.807, 2.05) is 7.05 Å². The van der Waals surface area contributed by atoms with E-state index in [2.05, 4.69) is 6.92 Å². The number of aliphatic hydroxyl groups is 1. The van der Waals surface area contributed by atoms with Gasteiger partial charge in [0.25, 0.3) is 0 Å². The Morgan fingerprint density at radius 2 is 2.06 bits per heavy atom. The topological polar surface area (TPSA) is 66.6 Å². The first-order valence-electron chi connectivity index (χ1n) is 6.16. The molecule has 16 heavy (non-hydrogen) atoms. The first kappa shape index (κ1) is 15.4. The van der Waals surface area contributed by atoms with E-state index in [4.69, 9.17) is 10.8 Å². The van der Waals surface area contributed by atoms with E-state index < -0.39 is 0 Å². The van der Waals surface area contributed by atoms with Crippen molar-refractivity contribution in [2.24, 2.45) is 11.7 Å². The first-order chi connectivity index (χ1) is 7.61. The average Bonchev–Trinajstić information content (AvgIpc) is 2.30. The van der Waals surface area contributed by atoms with Crippen molar-refractivity contribution in [2.45, 2.75) is 39.0 Å². The normalized spacial score (nSPS) is 12.5. The van der Waals surface area contributed by atoms with Gasteiger partial charge in [0.1, 0.15) is 0 Å². The van der Waals surface area contributed by atoms with Crippen LogP contribution in [-0.4, -0.2) is 42.7 Å². The van der Waals surface area contributed by atoms with Gasteiger partial charge < -0.3 is 15.7 Å². The lowest BCUT2D eigenvalue weighted by molar-refractivity contribution is -0.130. The van der Waals surface area contributed by atoms with Crippen LogP contribution in [0.3, 0.4) is 0 Å². The fraction of sp³-hybridized carbons (Fsp3) is 0.917. The molecular formula is C12H26N2O2. The van der Waals surface area contributed by atoms with Crippen LogP contribution < -0.4 is 5.73 Å². The second-order valence-corrected chi connectivity index (χ2v) is 4.48. The lowest BCUT2D eigenvalue weighted by Gasteiger charge is -2.18. The van der Waals surface area contributed by atoms with Gasteiger partial charge in [0.2, 0.25) is 5.91 Å². The minimum absolute atomic E-state index is 0.198. The van der Waals surface area contributed by atoms with Gasteiger partial charge in [0.15, 0.2) is 0 Å². The van der Waals surface area contributed by atoms with Crippen LogP contribution >= 0.6 is 0 Å². The van der Waals surface area contributed by atoms with Gasteiger partial charge in [-0.2, -0.15) is 0 Å². The van der Waals surface area contributed by atoms with Crippen molar-refractivity contribution < 1.29 is 9.90 Å². The van der Waals surface area contributed by atoms with Gasteiger partial charge in [-0.25, -0.2) is 0 Å². The molecule has 4 heteroatoms. The minimum atomic E-state index is 0.198. The van der Waals surface area contributed by atoms with E-state index in [0.717, 1.165) is 32.2 Å². The molecule has 0 fully saturated rings. The third-order valence-electron chi connectivity index (χ3n) is 2.83. The molecule has 0 bridgehead atoms. The lowest BCUT2D eigenvalue weighted by Crippen LogP contribution is -2.28. The molecule has 0 rings (SSSR count). The second-order valence-electron chi connectivity index (χ2n) is 4.48. The van der Waals surface area contributed by atoms with Crippen LogP contribution in [0, 0.1) is 5.92 Å². The van der Waals surface area contributed by atoms with Crippen molar-refractivity contribution in [3.63, 3.8) is 0 Å². The van der Waals surface area contributed by atoms with Crippen LogP contribution in [0.4, 0.5) is 0 Å². The summed E-state index contributed by atoms with van der Waals surface area (Å²) in [6.45, 7) is 3.74. The number of carbonyl (C=O) groups is 1. The highest BCUT2D eigenvalue weighted by Gasteiger charge is 2.09. The van der Waals surface area contributed by atoms with E-state index in [0.29, 0.717) is 18.9 Å². The summed E-state index contributed by atoms with van der Waals surface area (Å²) in [5, 5.41) is 8.62. The van der Waals surface area contributed by atoms with Gasteiger partial charge in [-0.05, 0) is 38.1 Å². The monoisotopic (exact) mass is 230 g/mol. The molecule has 0 radical (unpaired) electrons. The summed E-state index contributed by atoms with van der Waals surface area (Å²) < 4.78 is 0. The van der Waals surface area contributed by atoms with E-state index >= 15 is 0 Å². The summed E-state index contributed by atoms with van der Waals surface area (Å²) in [4.78, 5) is 13.4. The zero-order chi connectivity index (χ0) is 12.4. The Balaban J connectivity index is 3.57. The lowest BCUT2D eigenvalue weighted by atomic mass is 10.1. The maximum atomic E-state index is 11.7. The van der Waals surface area contributed by atoms with Crippen LogP contribution in [0.1, 0.15) is 39.0 Å². The number of rotatable bonds is 9. The fourth-order valence-corrected chi connectivity index (χ4v) is 1.44. The molecule has 1 amide bonds. The summed E-state index contributed by atoms with van der Waals surface area (Å²) >= 11 is 0. The zero-order valence-electron chi connectivity index (χ0n) is 10.6. The number of nitrogens with two attached hydrogens (primary N) is 1. The summed E-state index contributed by atoms with van der Waals surface area (Å²) in [6, 6.07) is 0.